The Bertz CT molecular complexity index is 158. The third kappa shape index (κ3) is 4.86. The van der Waals surface area contributed by atoms with E-state index in [2.05, 4.69) is 45.7 Å². The summed E-state index contributed by atoms with van der Waals surface area (Å²) in [7, 11) is 0. The maximum Gasteiger partial charge on any atom is 1.00 e. The molecule has 0 aliphatic carbocycles. The Morgan fingerprint density at radius 1 is 0.700 bits per heavy atom. The van der Waals surface area contributed by atoms with Gasteiger partial charge in [-0.25, -0.2) is 0 Å². The van der Waals surface area contributed by atoms with Crippen LogP contribution in [0, 0.1) is 0 Å². The minimum Gasteiger partial charge on any atom is -0.736 e. The molecule has 1 rings (SSSR count). The standard InChI is InChI=1S/C2H2N4S2.2In/c7-1-3-5-2(8)6-4-1;;/h(H,3,4,7)(H,5,6,8);;/q;2*+1/p-2. The molecule has 0 aliphatic rings. The Morgan fingerprint density at radius 2 is 0.900 bits per heavy atom. The maximum atomic E-state index is 4.48. The first-order valence-corrected chi connectivity index (χ1v) is 2.52. The van der Waals surface area contributed by atoms with Gasteiger partial charge in [0.1, 0.15) is 0 Å². The summed E-state index contributed by atoms with van der Waals surface area (Å²) in [6, 6.07) is 0. The average molecular weight is 374 g/mol. The fourth-order valence-corrected chi connectivity index (χ4v) is 0.374. The molecule has 1 aromatic rings. The third-order valence-corrected chi connectivity index (χ3v) is 0.769. The zero-order valence-corrected chi connectivity index (χ0v) is 13.0. The molecule has 8 heteroatoms. The molecular weight excluding hydrogens is 374 g/mol. The molecule has 0 atom stereocenters. The maximum absolute atomic E-state index is 4.48. The molecule has 0 N–H and O–H groups in total. The number of hydrogen-bond acceptors (Lipinski definition) is 6. The van der Waals surface area contributed by atoms with E-state index in [0.29, 0.717) is 0 Å². The van der Waals surface area contributed by atoms with E-state index < -0.39 is 0 Å². The molecule has 1 aromatic heterocycles. The fraction of sp³-hybridized carbons (Fsp3) is 0. The van der Waals surface area contributed by atoms with Crippen LogP contribution in [0.15, 0.2) is 10.3 Å². The van der Waals surface area contributed by atoms with E-state index in [-0.39, 0.29) is 62.0 Å². The number of hydrogen-bond donors (Lipinski definition) is 0. The minimum atomic E-state index is 0. The van der Waals surface area contributed by atoms with Gasteiger partial charge in [0.2, 0.25) is 0 Å². The second kappa shape index (κ2) is 6.81. The van der Waals surface area contributed by atoms with E-state index in [4.69, 9.17) is 0 Å². The van der Waals surface area contributed by atoms with Crippen molar-refractivity contribution in [2.75, 3.05) is 0 Å². The van der Waals surface area contributed by atoms with Crippen LogP contribution in [0.1, 0.15) is 0 Å². The predicted octanol–water partition coefficient (Wildman–Crippen LogP) is -1.68. The predicted molar refractivity (Wildman–Crippen MR) is 40.4 cm³/mol. The van der Waals surface area contributed by atoms with E-state index in [1.165, 1.54) is 0 Å². The molecule has 10 heavy (non-hydrogen) atoms. The van der Waals surface area contributed by atoms with Gasteiger partial charge in [-0.05, 0) is 0 Å². The van der Waals surface area contributed by atoms with Gasteiger partial charge in [0, 0.05) is 0 Å². The van der Waals surface area contributed by atoms with Crippen LogP contribution >= 0.6 is 0 Å². The second-order valence-corrected chi connectivity index (χ2v) is 1.70. The first-order valence-electron chi connectivity index (χ1n) is 1.70. The van der Waals surface area contributed by atoms with E-state index in [1.54, 1.807) is 0 Å². The van der Waals surface area contributed by atoms with Gasteiger partial charge in [-0.1, -0.05) is 0 Å². The van der Waals surface area contributed by atoms with Crippen LogP contribution in [-0.4, -0.2) is 72.1 Å². The van der Waals surface area contributed by atoms with E-state index in [0.717, 1.165) is 0 Å². The van der Waals surface area contributed by atoms with Crippen molar-refractivity contribution in [3.8, 4) is 0 Å². The van der Waals surface area contributed by atoms with Crippen LogP contribution < -0.4 is 0 Å². The van der Waals surface area contributed by atoms with Crippen LogP contribution in [0.25, 0.3) is 0 Å². The molecule has 0 saturated heterocycles. The topological polar surface area (TPSA) is 51.6 Å². The van der Waals surface area contributed by atoms with Crippen molar-refractivity contribution in [1.82, 2.24) is 20.4 Å². The summed E-state index contributed by atoms with van der Waals surface area (Å²) >= 11 is 8.96. The van der Waals surface area contributed by atoms with E-state index >= 15 is 0 Å². The largest absolute Gasteiger partial charge is 1.00 e. The first kappa shape index (κ1) is 13.7. The van der Waals surface area contributed by atoms with Gasteiger partial charge in [0.15, 0.2) is 0 Å². The zero-order chi connectivity index (χ0) is 5.98. The first-order chi connectivity index (χ1) is 3.79. The van der Waals surface area contributed by atoms with Gasteiger partial charge < -0.3 is 25.3 Å². The Labute approximate surface area is 106 Å². The summed E-state index contributed by atoms with van der Waals surface area (Å²) in [5, 5.41) is 13.7. The van der Waals surface area contributed by atoms with Crippen molar-refractivity contribution in [2.45, 2.75) is 10.3 Å². The van der Waals surface area contributed by atoms with Crippen molar-refractivity contribution in [3.05, 3.63) is 0 Å². The normalized spacial score (nSPS) is 7.20. The minimum absolute atomic E-state index is 0. The van der Waals surface area contributed by atoms with Crippen molar-refractivity contribution < 1.29 is 0 Å². The molecule has 46 valence electrons. The van der Waals surface area contributed by atoms with Crippen LogP contribution in [0.4, 0.5) is 0 Å². The zero-order valence-electron chi connectivity index (χ0n) is 4.76. The number of aromatic nitrogens is 4. The number of nitrogens with zero attached hydrogens (tertiary/aromatic N) is 4. The van der Waals surface area contributed by atoms with Crippen LogP contribution in [0.5, 0.6) is 0 Å². The van der Waals surface area contributed by atoms with E-state index in [1.807, 2.05) is 0 Å². The summed E-state index contributed by atoms with van der Waals surface area (Å²) in [6.45, 7) is 0. The Kier molecular flexibility index (Phi) is 9.32. The molecule has 0 bridgehead atoms. The number of rotatable bonds is 0. The van der Waals surface area contributed by atoms with Gasteiger partial charge in [-0.15, -0.1) is 0 Å². The second-order valence-electron chi connectivity index (χ2n) is 0.965. The van der Waals surface area contributed by atoms with Gasteiger partial charge in [-0.2, -0.15) is 20.4 Å². The molecule has 1 heterocycles. The van der Waals surface area contributed by atoms with Gasteiger partial charge >= 0.3 is 51.7 Å². The summed E-state index contributed by atoms with van der Waals surface area (Å²) in [6.07, 6.45) is 0. The van der Waals surface area contributed by atoms with Crippen LogP contribution in [-0.2, 0) is 25.3 Å². The Balaban J connectivity index is 0. The van der Waals surface area contributed by atoms with Gasteiger partial charge in [0.25, 0.3) is 0 Å². The van der Waals surface area contributed by atoms with Gasteiger partial charge in [-0.3, -0.25) is 0 Å². The molecule has 4 nitrogen and oxygen atoms in total. The Hall–Kier alpha value is 1.12. The average Bonchev–Trinajstić information content (AvgIpc) is 1.77. The fourth-order valence-electron chi connectivity index (χ4n) is 0.211. The summed E-state index contributed by atoms with van der Waals surface area (Å²) < 4.78 is 0. The van der Waals surface area contributed by atoms with Crippen molar-refractivity contribution in [1.29, 1.82) is 0 Å². The van der Waals surface area contributed by atoms with Crippen LogP contribution in [0.2, 0.25) is 0 Å². The Morgan fingerprint density at radius 3 is 1.10 bits per heavy atom. The van der Waals surface area contributed by atoms with Crippen molar-refractivity contribution in [3.63, 3.8) is 0 Å². The molecule has 0 saturated carbocycles. The van der Waals surface area contributed by atoms with Gasteiger partial charge in [0.05, 0.1) is 10.3 Å². The molecule has 0 spiro atoms. The quantitative estimate of drug-likeness (QED) is 0.506. The monoisotopic (exact) mass is 374 g/mol. The SMILES string of the molecule is [In+].[In+].[S-]c1nnc([S-])nn1. The van der Waals surface area contributed by atoms with Crippen molar-refractivity contribution in [2.24, 2.45) is 0 Å². The molecular formula is C2In2N4S2. The van der Waals surface area contributed by atoms with Crippen LogP contribution in [0.3, 0.4) is 0 Å². The third-order valence-electron chi connectivity index (χ3n) is 0.442. The molecule has 0 unspecified atom stereocenters. The molecule has 4 radical (unpaired) electrons. The molecule has 0 aliphatic heterocycles. The molecule has 0 amide bonds. The molecule has 0 fully saturated rings. The molecule has 0 aromatic carbocycles. The van der Waals surface area contributed by atoms with Crippen molar-refractivity contribution >= 4 is 76.9 Å². The smallest absolute Gasteiger partial charge is 0.736 e. The summed E-state index contributed by atoms with van der Waals surface area (Å²) in [5.74, 6) is 0. The summed E-state index contributed by atoms with van der Waals surface area (Å²) in [5.41, 5.74) is 0. The van der Waals surface area contributed by atoms with E-state index in [9.17, 15) is 0 Å². The summed E-state index contributed by atoms with van der Waals surface area (Å²) in [4.78, 5) is 0.